The van der Waals surface area contributed by atoms with E-state index in [1.807, 2.05) is 36.4 Å². The zero-order valence-electron chi connectivity index (χ0n) is 10.1. The first-order valence-corrected chi connectivity index (χ1v) is 6.70. The molecule has 2 atom stereocenters. The molecule has 2 aromatic rings. The average molecular weight is 259 g/mol. The van der Waals surface area contributed by atoms with Gasteiger partial charge in [0.15, 0.2) is 0 Å². The van der Waals surface area contributed by atoms with Gasteiger partial charge in [-0.2, -0.15) is 0 Å². The Labute approximate surface area is 112 Å². The van der Waals surface area contributed by atoms with Crippen molar-refractivity contribution in [3.63, 3.8) is 0 Å². The van der Waals surface area contributed by atoms with Crippen LogP contribution in [0.15, 0.2) is 54.6 Å². The van der Waals surface area contributed by atoms with Crippen molar-refractivity contribution in [3.8, 4) is 5.75 Å². The second-order valence-corrected chi connectivity index (χ2v) is 5.28. The largest absolute Gasteiger partial charge is 0.485 e. The first-order chi connectivity index (χ1) is 8.83. The lowest BCUT2D eigenvalue weighted by atomic mass is 10.0. The lowest BCUT2D eigenvalue weighted by Gasteiger charge is -2.18. The van der Waals surface area contributed by atoms with Crippen LogP contribution >= 0.6 is 11.6 Å². The first-order valence-electron chi connectivity index (χ1n) is 6.26. The van der Waals surface area contributed by atoms with E-state index in [0.717, 1.165) is 18.6 Å². The van der Waals surface area contributed by atoms with Crippen LogP contribution in [0.25, 0.3) is 0 Å². The molecule has 0 aliphatic carbocycles. The van der Waals surface area contributed by atoms with E-state index < -0.39 is 0 Å². The lowest BCUT2D eigenvalue weighted by molar-refractivity contribution is 0.201. The lowest BCUT2D eigenvalue weighted by Crippen LogP contribution is -2.11. The first kappa shape index (κ1) is 11.6. The third-order valence-electron chi connectivity index (χ3n) is 3.32. The van der Waals surface area contributed by atoms with Gasteiger partial charge in [-0.25, -0.2) is 0 Å². The van der Waals surface area contributed by atoms with Gasteiger partial charge in [0.1, 0.15) is 11.9 Å². The fourth-order valence-electron chi connectivity index (χ4n) is 2.41. The zero-order chi connectivity index (χ0) is 12.4. The minimum absolute atomic E-state index is 0.0531. The van der Waals surface area contributed by atoms with Gasteiger partial charge in [-0.05, 0) is 23.6 Å². The van der Waals surface area contributed by atoms with Crippen molar-refractivity contribution in [1.29, 1.82) is 0 Å². The van der Waals surface area contributed by atoms with Crippen LogP contribution in [0.4, 0.5) is 0 Å². The topological polar surface area (TPSA) is 9.23 Å². The molecule has 2 heteroatoms. The molecule has 3 rings (SSSR count). The summed E-state index contributed by atoms with van der Waals surface area (Å²) in [7, 11) is 0. The fraction of sp³-hybridized carbons (Fsp3) is 0.250. The van der Waals surface area contributed by atoms with Crippen LogP contribution in [0.2, 0.25) is 0 Å². The van der Waals surface area contributed by atoms with E-state index in [1.54, 1.807) is 0 Å². The van der Waals surface area contributed by atoms with E-state index in [-0.39, 0.29) is 11.5 Å². The number of alkyl halides is 1. The van der Waals surface area contributed by atoms with Gasteiger partial charge >= 0.3 is 0 Å². The second kappa shape index (κ2) is 5.03. The third-order valence-corrected chi connectivity index (χ3v) is 3.66. The van der Waals surface area contributed by atoms with Gasteiger partial charge in [-0.15, -0.1) is 11.6 Å². The minimum atomic E-state index is 0.0531. The van der Waals surface area contributed by atoms with Crippen LogP contribution in [0, 0.1) is 0 Å². The van der Waals surface area contributed by atoms with E-state index in [0.29, 0.717) is 0 Å². The average Bonchev–Trinajstić information content (AvgIpc) is 2.57. The van der Waals surface area contributed by atoms with Gasteiger partial charge in [0, 0.05) is 11.8 Å². The zero-order valence-corrected chi connectivity index (χ0v) is 10.8. The van der Waals surface area contributed by atoms with E-state index in [4.69, 9.17) is 16.3 Å². The quantitative estimate of drug-likeness (QED) is 0.691. The summed E-state index contributed by atoms with van der Waals surface area (Å²) in [4.78, 5) is 0. The van der Waals surface area contributed by atoms with Crippen molar-refractivity contribution in [2.45, 2.75) is 24.3 Å². The van der Waals surface area contributed by atoms with Gasteiger partial charge in [-0.3, -0.25) is 0 Å². The Bertz CT molecular complexity index is 524. The molecule has 0 aromatic heterocycles. The van der Waals surface area contributed by atoms with Crippen molar-refractivity contribution >= 4 is 11.6 Å². The predicted octanol–water partition coefficient (Wildman–Crippen LogP) is 4.36. The fourth-order valence-corrected chi connectivity index (χ4v) is 2.74. The summed E-state index contributed by atoms with van der Waals surface area (Å²) in [5, 5.41) is 0.124. The Hall–Kier alpha value is -1.47. The number of halogens is 1. The number of ether oxygens (including phenoxy) is 1. The van der Waals surface area contributed by atoms with Crippen molar-refractivity contribution in [2.75, 3.05) is 0 Å². The smallest absolute Gasteiger partial charge is 0.125 e. The molecule has 18 heavy (non-hydrogen) atoms. The molecule has 2 aromatic carbocycles. The molecule has 0 radical (unpaired) electrons. The summed E-state index contributed by atoms with van der Waals surface area (Å²) in [5.74, 6) is 0.967. The van der Waals surface area contributed by atoms with Gasteiger partial charge < -0.3 is 4.74 Å². The normalized spacial score (nSPS) is 22.7. The maximum absolute atomic E-state index is 6.41. The number of benzene rings is 2. The SMILES string of the molecule is Cl[C@H]1Cc2ccccc2O[C@H](c2ccccc2)C1. The maximum atomic E-state index is 6.41. The summed E-state index contributed by atoms with van der Waals surface area (Å²) < 4.78 is 6.13. The molecule has 1 aliphatic heterocycles. The van der Waals surface area contributed by atoms with Crippen LogP contribution in [0.5, 0.6) is 5.75 Å². The summed E-state index contributed by atoms with van der Waals surface area (Å²) in [6.07, 6.45) is 1.78. The second-order valence-electron chi connectivity index (χ2n) is 4.66. The van der Waals surface area contributed by atoms with Gasteiger partial charge in [0.05, 0.1) is 0 Å². The van der Waals surface area contributed by atoms with Crippen LogP contribution in [0.3, 0.4) is 0 Å². The van der Waals surface area contributed by atoms with Gasteiger partial charge in [-0.1, -0.05) is 48.5 Å². The number of para-hydroxylation sites is 1. The van der Waals surface area contributed by atoms with Crippen LogP contribution in [0.1, 0.15) is 23.7 Å². The molecule has 1 heterocycles. The Morgan fingerprint density at radius 2 is 1.67 bits per heavy atom. The summed E-state index contributed by atoms with van der Waals surface area (Å²) in [5.41, 5.74) is 2.40. The molecule has 0 N–H and O–H groups in total. The molecule has 92 valence electrons. The van der Waals surface area contributed by atoms with E-state index in [1.165, 1.54) is 11.1 Å². The number of rotatable bonds is 1. The monoisotopic (exact) mass is 258 g/mol. The van der Waals surface area contributed by atoms with Crippen molar-refractivity contribution in [2.24, 2.45) is 0 Å². The number of hydrogen-bond donors (Lipinski definition) is 0. The highest BCUT2D eigenvalue weighted by Gasteiger charge is 2.24. The van der Waals surface area contributed by atoms with Crippen LogP contribution in [-0.2, 0) is 6.42 Å². The molecule has 0 fully saturated rings. The summed E-state index contributed by atoms with van der Waals surface area (Å²) in [6, 6.07) is 18.5. The van der Waals surface area contributed by atoms with Crippen LogP contribution in [-0.4, -0.2) is 5.38 Å². The Kier molecular flexibility index (Phi) is 3.24. The predicted molar refractivity (Wildman–Crippen MR) is 74.2 cm³/mol. The molecule has 0 saturated carbocycles. The standard InChI is InChI=1S/C16H15ClO/c17-14-10-13-8-4-5-9-15(13)18-16(11-14)12-6-2-1-3-7-12/h1-9,14,16H,10-11H2/t14-,16-/m0/s1. The molecular weight excluding hydrogens is 244 g/mol. The Morgan fingerprint density at radius 3 is 2.50 bits per heavy atom. The number of fused-ring (bicyclic) bond motifs is 1. The van der Waals surface area contributed by atoms with Gasteiger partial charge in [0.2, 0.25) is 0 Å². The van der Waals surface area contributed by atoms with Crippen LogP contribution < -0.4 is 4.74 Å². The molecule has 1 nitrogen and oxygen atoms in total. The van der Waals surface area contributed by atoms with Crippen molar-refractivity contribution in [3.05, 3.63) is 65.7 Å². The molecule has 0 saturated heterocycles. The van der Waals surface area contributed by atoms with Gasteiger partial charge in [0.25, 0.3) is 0 Å². The molecule has 1 aliphatic rings. The van der Waals surface area contributed by atoms with E-state index >= 15 is 0 Å². The third kappa shape index (κ3) is 2.37. The molecule has 0 spiro atoms. The van der Waals surface area contributed by atoms with E-state index in [2.05, 4.69) is 18.2 Å². The Balaban J connectivity index is 1.95. The molecular formula is C16H15ClO. The Morgan fingerprint density at radius 1 is 0.944 bits per heavy atom. The highest BCUT2D eigenvalue weighted by Crippen LogP contribution is 2.35. The van der Waals surface area contributed by atoms with Crippen molar-refractivity contribution in [1.82, 2.24) is 0 Å². The molecule has 0 bridgehead atoms. The summed E-state index contributed by atoms with van der Waals surface area (Å²) in [6.45, 7) is 0. The van der Waals surface area contributed by atoms with E-state index in [9.17, 15) is 0 Å². The number of hydrogen-bond acceptors (Lipinski definition) is 1. The highest BCUT2D eigenvalue weighted by molar-refractivity contribution is 6.20. The molecule has 0 unspecified atom stereocenters. The minimum Gasteiger partial charge on any atom is -0.485 e. The van der Waals surface area contributed by atoms with Crippen molar-refractivity contribution < 1.29 is 4.74 Å². The molecule has 0 amide bonds. The maximum Gasteiger partial charge on any atom is 0.125 e. The summed E-state index contributed by atoms with van der Waals surface area (Å²) >= 11 is 6.41. The highest BCUT2D eigenvalue weighted by atomic mass is 35.5.